The standard InChI is InChI=1S/C12H7ClINO/c13-11-4-7-8(5-15-11)12-6(3-9(7)14)1-2-10(12)16/h3-5H,1-2H2. The van der Waals surface area contributed by atoms with Crippen LogP contribution in [0.5, 0.6) is 0 Å². The maximum Gasteiger partial charge on any atom is 0.164 e. The second kappa shape index (κ2) is 3.67. The van der Waals surface area contributed by atoms with Crippen molar-refractivity contribution in [1.29, 1.82) is 0 Å². The van der Waals surface area contributed by atoms with Crippen molar-refractivity contribution in [2.24, 2.45) is 0 Å². The minimum atomic E-state index is 0.223. The Morgan fingerprint density at radius 3 is 2.88 bits per heavy atom. The summed E-state index contributed by atoms with van der Waals surface area (Å²) in [7, 11) is 0. The zero-order valence-electron chi connectivity index (χ0n) is 8.26. The quantitative estimate of drug-likeness (QED) is 0.540. The van der Waals surface area contributed by atoms with Crippen molar-refractivity contribution in [3.63, 3.8) is 0 Å². The van der Waals surface area contributed by atoms with Gasteiger partial charge in [-0.2, -0.15) is 0 Å². The van der Waals surface area contributed by atoms with E-state index in [1.54, 1.807) is 6.20 Å². The van der Waals surface area contributed by atoms with Gasteiger partial charge in [0.1, 0.15) is 5.15 Å². The lowest BCUT2D eigenvalue weighted by atomic mass is 10.0. The van der Waals surface area contributed by atoms with E-state index < -0.39 is 0 Å². The number of rotatable bonds is 0. The van der Waals surface area contributed by atoms with Crippen molar-refractivity contribution in [2.75, 3.05) is 0 Å². The first-order chi connectivity index (χ1) is 7.66. The molecule has 0 amide bonds. The molecule has 1 heterocycles. The molecule has 1 aromatic carbocycles. The van der Waals surface area contributed by atoms with E-state index in [0.29, 0.717) is 11.6 Å². The van der Waals surface area contributed by atoms with E-state index in [0.717, 1.165) is 31.9 Å². The van der Waals surface area contributed by atoms with Crippen molar-refractivity contribution in [3.8, 4) is 0 Å². The van der Waals surface area contributed by atoms with E-state index in [-0.39, 0.29) is 5.78 Å². The van der Waals surface area contributed by atoms with E-state index in [1.807, 2.05) is 6.07 Å². The van der Waals surface area contributed by atoms with Gasteiger partial charge in [0.15, 0.2) is 5.78 Å². The molecule has 16 heavy (non-hydrogen) atoms. The molecule has 0 bridgehead atoms. The van der Waals surface area contributed by atoms with Crippen LogP contribution in [0.3, 0.4) is 0 Å². The molecule has 1 aromatic heterocycles. The largest absolute Gasteiger partial charge is 0.294 e. The van der Waals surface area contributed by atoms with Crippen LogP contribution in [-0.2, 0) is 6.42 Å². The Bertz CT molecular complexity index is 624. The number of pyridine rings is 1. The van der Waals surface area contributed by atoms with E-state index in [2.05, 4.69) is 33.6 Å². The van der Waals surface area contributed by atoms with Crippen LogP contribution < -0.4 is 0 Å². The molecular weight excluding hydrogens is 336 g/mol. The van der Waals surface area contributed by atoms with E-state index in [9.17, 15) is 4.79 Å². The molecule has 0 aliphatic heterocycles. The molecule has 0 saturated heterocycles. The van der Waals surface area contributed by atoms with Crippen molar-refractivity contribution >= 4 is 50.7 Å². The van der Waals surface area contributed by atoms with Crippen molar-refractivity contribution in [3.05, 3.63) is 38.2 Å². The van der Waals surface area contributed by atoms with Gasteiger partial charge in [0.25, 0.3) is 0 Å². The van der Waals surface area contributed by atoms with Crippen molar-refractivity contribution in [1.82, 2.24) is 4.98 Å². The minimum Gasteiger partial charge on any atom is -0.294 e. The molecule has 4 heteroatoms. The van der Waals surface area contributed by atoms with Gasteiger partial charge in [-0.05, 0) is 46.7 Å². The molecule has 1 aliphatic carbocycles. The summed E-state index contributed by atoms with van der Waals surface area (Å²) >= 11 is 8.16. The summed E-state index contributed by atoms with van der Waals surface area (Å²) in [6.07, 6.45) is 3.18. The molecule has 0 N–H and O–H groups in total. The number of nitrogens with zero attached hydrogens (tertiary/aromatic N) is 1. The zero-order valence-corrected chi connectivity index (χ0v) is 11.2. The highest BCUT2D eigenvalue weighted by atomic mass is 127. The molecule has 2 nitrogen and oxygen atoms in total. The van der Waals surface area contributed by atoms with Gasteiger partial charge in [-0.3, -0.25) is 4.79 Å². The maximum atomic E-state index is 11.8. The number of benzene rings is 1. The first-order valence-electron chi connectivity index (χ1n) is 4.96. The van der Waals surface area contributed by atoms with Gasteiger partial charge in [0.05, 0.1) is 0 Å². The number of hydrogen-bond donors (Lipinski definition) is 0. The monoisotopic (exact) mass is 343 g/mol. The summed E-state index contributed by atoms with van der Waals surface area (Å²) in [6.45, 7) is 0. The fourth-order valence-electron chi connectivity index (χ4n) is 2.20. The van der Waals surface area contributed by atoms with Crippen LogP contribution in [0.4, 0.5) is 0 Å². The highest BCUT2D eigenvalue weighted by Crippen LogP contribution is 2.33. The summed E-state index contributed by atoms with van der Waals surface area (Å²) in [4.78, 5) is 15.9. The lowest BCUT2D eigenvalue weighted by Gasteiger charge is -2.06. The molecule has 0 unspecified atom stereocenters. The van der Waals surface area contributed by atoms with E-state index >= 15 is 0 Å². The first-order valence-corrected chi connectivity index (χ1v) is 6.42. The SMILES string of the molecule is O=C1CCc2cc(I)c3cc(Cl)ncc3c21. The van der Waals surface area contributed by atoms with Gasteiger partial charge in [-0.15, -0.1) is 0 Å². The molecular formula is C12H7ClINO. The van der Waals surface area contributed by atoms with Gasteiger partial charge in [-0.1, -0.05) is 11.6 Å². The third-order valence-electron chi connectivity index (χ3n) is 2.92. The molecule has 80 valence electrons. The van der Waals surface area contributed by atoms with Crippen LogP contribution >= 0.6 is 34.2 Å². The molecule has 0 atom stereocenters. The van der Waals surface area contributed by atoms with Crippen molar-refractivity contribution < 1.29 is 4.79 Å². The number of aryl methyl sites for hydroxylation is 1. The molecule has 0 spiro atoms. The summed E-state index contributed by atoms with van der Waals surface area (Å²) in [5.74, 6) is 0.223. The number of carbonyl (C=O) groups excluding carboxylic acids is 1. The van der Waals surface area contributed by atoms with Gasteiger partial charge >= 0.3 is 0 Å². The lowest BCUT2D eigenvalue weighted by molar-refractivity contribution is 0.0996. The van der Waals surface area contributed by atoms with Crippen LogP contribution in [-0.4, -0.2) is 10.8 Å². The average molecular weight is 344 g/mol. The second-order valence-electron chi connectivity index (χ2n) is 3.87. The van der Waals surface area contributed by atoms with E-state index in [1.165, 1.54) is 0 Å². The van der Waals surface area contributed by atoms with Gasteiger partial charge < -0.3 is 0 Å². The molecule has 0 fully saturated rings. The number of Topliss-reactive ketones (excluding diaryl/α,β-unsaturated/α-hetero) is 1. The Morgan fingerprint density at radius 2 is 2.06 bits per heavy atom. The topological polar surface area (TPSA) is 30.0 Å². The summed E-state index contributed by atoms with van der Waals surface area (Å²) in [5.41, 5.74) is 1.99. The lowest BCUT2D eigenvalue weighted by Crippen LogP contribution is -1.95. The Hall–Kier alpha value is -0.680. The van der Waals surface area contributed by atoms with Crippen molar-refractivity contribution in [2.45, 2.75) is 12.8 Å². The van der Waals surface area contributed by atoms with Crippen LogP contribution in [0.15, 0.2) is 18.3 Å². The predicted molar refractivity (Wildman–Crippen MR) is 72.1 cm³/mol. The third-order valence-corrected chi connectivity index (χ3v) is 4.02. The smallest absolute Gasteiger partial charge is 0.164 e. The van der Waals surface area contributed by atoms with Crippen LogP contribution in [0.1, 0.15) is 22.3 Å². The fourth-order valence-corrected chi connectivity index (χ4v) is 3.18. The number of carbonyl (C=O) groups is 1. The fraction of sp³-hybridized carbons (Fsp3) is 0.167. The number of ketones is 1. The molecule has 1 aliphatic rings. The molecule has 2 aromatic rings. The minimum absolute atomic E-state index is 0.223. The Kier molecular flexibility index (Phi) is 2.40. The number of fused-ring (bicyclic) bond motifs is 3. The summed E-state index contributed by atoms with van der Waals surface area (Å²) < 4.78 is 1.13. The number of halogens is 2. The van der Waals surface area contributed by atoms with E-state index in [4.69, 9.17) is 11.6 Å². The maximum absolute atomic E-state index is 11.8. The van der Waals surface area contributed by atoms with Gasteiger partial charge in [0.2, 0.25) is 0 Å². The zero-order chi connectivity index (χ0) is 11.3. The molecule has 0 radical (unpaired) electrons. The highest BCUT2D eigenvalue weighted by molar-refractivity contribution is 14.1. The van der Waals surface area contributed by atoms with Gasteiger partial charge in [0, 0.05) is 32.5 Å². The van der Waals surface area contributed by atoms with Crippen LogP contribution in [0.25, 0.3) is 10.8 Å². The Morgan fingerprint density at radius 1 is 1.25 bits per heavy atom. The Labute approximate surface area is 111 Å². The highest BCUT2D eigenvalue weighted by Gasteiger charge is 2.23. The normalized spacial score (nSPS) is 14.5. The molecule has 3 rings (SSSR count). The number of hydrogen-bond acceptors (Lipinski definition) is 2. The Balaban J connectivity index is 2.48. The summed E-state index contributed by atoms with van der Waals surface area (Å²) in [5, 5.41) is 2.43. The van der Waals surface area contributed by atoms with Gasteiger partial charge in [-0.25, -0.2) is 4.98 Å². The predicted octanol–water partition coefficient (Wildman–Crippen LogP) is 3.62. The first kappa shape index (κ1) is 10.5. The second-order valence-corrected chi connectivity index (χ2v) is 5.42. The molecule has 0 saturated carbocycles. The average Bonchev–Trinajstić information content (AvgIpc) is 2.61. The van der Waals surface area contributed by atoms with Crippen LogP contribution in [0, 0.1) is 3.57 Å². The number of aromatic nitrogens is 1. The van der Waals surface area contributed by atoms with Crippen LogP contribution in [0.2, 0.25) is 5.15 Å². The third kappa shape index (κ3) is 1.45. The summed E-state index contributed by atoms with van der Waals surface area (Å²) in [6, 6.07) is 3.91.